The molecule has 0 spiro atoms. The zero-order valence-corrected chi connectivity index (χ0v) is 13.2. The van der Waals surface area contributed by atoms with Crippen LogP contribution >= 0.6 is 24.2 Å². The number of benzene rings is 1. The molecule has 0 bridgehead atoms. The number of amides is 1. The Balaban J connectivity index is 0.00000147. The maximum absolute atomic E-state index is 12.5. The standard InChI is InChI=1S/C15H20N2OS.ClH/c1-15(9-16,10-6-7-10)17-14(18)12-8-19-13-5-3-2-4-11(12)13;/h2-5,10,12H,6-9,16H2,1H3,(H,17,18);1H. The summed E-state index contributed by atoms with van der Waals surface area (Å²) in [6.07, 6.45) is 2.37. The number of thioether (sulfide) groups is 1. The molecule has 1 fully saturated rings. The summed E-state index contributed by atoms with van der Waals surface area (Å²) in [6, 6.07) is 8.20. The van der Waals surface area contributed by atoms with Crippen molar-refractivity contribution in [1.29, 1.82) is 0 Å². The van der Waals surface area contributed by atoms with Gasteiger partial charge in [-0.2, -0.15) is 0 Å². The van der Waals surface area contributed by atoms with Crippen LogP contribution in [0.3, 0.4) is 0 Å². The Kier molecular flexibility index (Phi) is 4.67. The van der Waals surface area contributed by atoms with Gasteiger partial charge in [-0.25, -0.2) is 0 Å². The number of halogens is 1. The molecule has 0 aromatic heterocycles. The molecule has 1 saturated carbocycles. The molecule has 110 valence electrons. The Hall–Kier alpha value is -0.710. The summed E-state index contributed by atoms with van der Waals surface area (Å²) < 4.78 is 0. The van der Waals surface area contributed by atoms with Crippen LogP contribution in [0.4, 0.5) is 0 Å². The minimum Gasteiger partial charge on any atom is -0.349 e. The van der Waals surface area contributed by atoms with E-state index in [0.717, 1.165) is 5.75 Å². The molecule has 0 radical (unpaired) electrons. The Bertz CT molecular complexity index is 506. The molecule has 1 heterocycles. The van der Waals surface area contributed by atoms with Crippen molar-refractivity contribution >= 4 is 30.1 Å². The lowest BCUT2D eigenvalue weighted by Crippen LogP contribution is -2.54. The summed E-state index contributed by atoms with van der Waals surface area (Å²) >= 11 is 1.77. The number of nitrogens with one attached hydrogen (secondary N) is 1. The lowest BCUT2D eigenvalue weighted by Gasteiger charge is -2.31. The molecule has 20 heavy (non-hydrogen) atoms. The number of carbonyl (C=O) groups excluding carboxylic acids is 1. The molecule has 1 amide bonds. The van der Waals surface area contributed by atoms with Crippen molar-refractivity contribution in [3.8, 4) is 0 Å². The molecule has 3 nitrogen and oxygen atoms in total. The molecule has 1 aliphatic heterocycles. The second-order valence-electron chi connectivity index (χ2n) is 5.79. The second kappa shape index (κ2) is 5.96. The maximum atomic E-state index is 12.5. The van der Waals surface area contributed by atoms with E-state index in [1.54, 1.807) is 11.8 Å². The van der Waals surface area contributed by atoms with Crippen molar-refractivity contribution in [3.05, 3.63) is 29.8 Å². The number of carbonyl (C=O) groups is 1. The summed E-state index contributed by atoms with van der Waals surface area (Å²) in [5.74, 6) is 1.52. The number of fused-ring (bicyclic) bond motifs is 1. The minimum atomic E-state index is -0.223. The highest BCUT2D eigenvalue weighted by atomic mass is 35.5. The van der Waals surface area contributed by atoms with Gasteiger partial charge in [0.2, 0.25) is 5.91 Å². The van der Waals surface area contributed by atoms with E-state index in [9.17, 15) is 4.79 Å². The van der Waals surface area contributed by atoms with Gasteiger partial charge in [0.15, 0.2) is 0 Å². The third-order valence-electron chi connectivity index (χ3n) is 4.33. The van der Waals surface area contributed by atoms with Gasteiger partial charge in [0.1, 0.15) is 0 Å². The number of rotatable bonds is 4. The summed E-state index contributed by atoms with van der Waals surface area (Å²) in [5, 5.41) is 3.21. The number of hydrogen-bond donors (Lipinski definition) is 2. The first kappa shape index (κ1) is 15.7. The summed E-state index contributed by atoms with van der Waals surface area (Å²) in [5.41, 5.74) is 6.81. The molecule has 3 rings (SSSR count). The van der Waals surface area contributed by atoms with E-state index >= 15 is 0 Å². The van der Waals surface area contributed by atoms with Crippen molar-refractivity contribution in [2.24, 2.45) is 11.7 Å². The Morgan fingerprint density at radius 2 is 2.15 bits per heavy atom. The van der Waals surface area contributed by atoms with Crippen molar-refractivity contribution in [2.75, 3.05) is 12.3 Å². The Labute approximate surface area is 130 Å². The van der Waals surface area contributed by atoms with Crippen molar-refractivity contribution in [2.45, 2.75) is 36.1 Å². The van der Waals surface area contributed by atoms with Crippen molar-refractivity contribution < 1.29 is 4.79 Å². The van der Waals surface area contributed by atoms with E-state index in [1.807, 2.05) is 12.1 Å². The second-order valence-corrected chi connectivity index (χ2v) is 6.85. The number of hydrogen-bond acceptors (Lipinski definition) is 3. The molecular weight excluding hydrogens is 292 g/mol. The van der Waals surface area contributed by atoms with Gasteiger partial charge in [0, 0.05) is 17.2 Å². The van der Waals surface area contributed by atoms with Gasteiger partial charge in [0.25, 0.3) is 0 Å². The molecule has 0 saturated heterocycles. The fourth-order valence-electron chi connectivity index (χ4n) is 2.79. The highest BCUT2D eigenvalue weighted by Crippen LogP contribution is 2.42. The lowest BCUT2D eigenvalue weighted by molar-refractivity contribution is -0.124. The van der Waals surface area contributed by atoms with Crippen LogP contribution < -0.4 is 11.1 Å². The highest BCUT2D eigenvalue weighted by Gasteiger charge is 2.43. The zero-order chi connectivity index (χ0) is 13.5. The van der Waals surface area contributed by atoms with Crippen LogP contribution in [0.15, 0.2) is 29.2 Å². The minimum absolute atomic E-state index is 0. The summed E-state index contributed by atoms with van der Waals surface area (Å²) in [6.45, 7) is 2.60. The van der Waals surface area contributed by atoms with Gasteiger partial charge in [-0.05, 0) is 37.3 Å². The van der Waals surface area contributed by atoms with E-state index < -0.39 is 0 Å². The van der Waals surface area contributed by atoms with E-state index in [2.05, 4.69) is 24.4 Å². The van der Waals surface area contributed by atoms with Crippen LogP contribution in [0, 0.1) is 5.92 Å². The van der Waals surface area contributed by atoms with E-state index in [0.29, 0.717) is 12.5 Å². The first-order valence-corrected chi connectivity index (χ1v) is 7.86. The molecular formula is C15H21ClN2OS. The fraction of sp³-hybridized carbons (Fsp3) is 0.533. The largest absolute Gasteiger partial charge is 0.349 e. The number of nitrogens with two attached hydrogens (primary N) is 1. The van der Waals surface area contributed by atoms with Gasteiger partial charge in [-0.1, -0.05) is 18.2 Å². The maximum Gasteiger partial charge on any atom is 0.228 e. The third kappa shape index (κ3) is 2.83. The van der Waals surface area contributed by atoms with Crippen LogP contribution in [0.2, 0.25) is 0 Å². The predicted molar refractivity (Wildman–Crippen MR) is 85.5 cm³/mol. The van der Waals surface area contributed by atoms with Crippen LogP contribution in [0.5, 0.6) is 0 Å². The topological polar surface area (TPSA) is 55.1 Å². The van der Waals surface area contributed by atoms with Crippen LogP contribution in [-0.2, 0) is 4.79 Å². The highest BCUT2D eigenvalue weighted by molar-refractivity contribution is 7.99. The molecule has 2 unspecified atom stereocenters. The average Bonchev–Trinajstić information content (AvgIpc) is 3.19. The lowest BCUT2D eigenvalue weighted by atomic mass is 9.93. The Morgan fingerprint density at radius 3 is 2.80 bits per heavy atom. The monoisotopic (exact) mass is 312 g/mol. The summed E-state index contributed by atoms with van der Waals surface area (Å²) in [7, 11) is 0. The molecule has 5 heteroatoms. The van der Waals surface area contributed by atoms with Gasteiger partial charge < -0.3 is 11.1 Å². The van der Waals surface area contributed by atoms with Gasteiger partial charge >= 0.3 is 0 Å². The van der Waals surface area contributed by atoms with Crippen molar-refractivity contribution in [3.63, 3.8) is 0 Å². The SMILES string of the molecule is CC(CN)(NC(=O)C1CSc2ccccc21)C1CC1.Cl. The molecule has 2 atom stereocenters. The molecule has 2 aliphatic rings. The first-order chi connectivity index (χ1) is 9.14. The van der Waals surface area contributed by atoms with Gasteiger partial charge in [0.05, 0.1) is 11.5 Å². The third-order valence-corrected chi connectivity index (χ3v) is 5.51. The van der Waals surface area contributed by atoms with Crippen LogP contribution in [-0.4, -0.2) is 23.7 Å². The smallest absolute Gasteiger partial charge is 0.228 e. The van der Waals surface area contributed by atoms with Gasteiger partial charge in [-0.15, -0.1) is 24.2 Å². The molecule has 1 aliphatic carbocycles. The average molecular weight is 313 g/mol. The van der Waals surface area contributed by atoms with Crippen molar-refractivity contribution in [1.82, 2.24) is 5.32 Å². The van der Waals surface area contributed by atoms with Gasteiger partial charge in [-0.3, -0.25) is 4.79 Å². The molecule has 3 N–H and O–H groups in total. The summed E-state index contributed by atoms with van der Waals surface area (Å²) in [4.78, 5) is 13.8. The first-order valence-electron chi connectivity index (χ1n) is 6.88. The fourth-order valence-corrected chi connectivity index (χ4v) is 4.02. The predicted octanol–water partition coefficient (Wildman–Crippen LogP) is 2.54. The van der Waals surface area contributed by atoms with E-state index in [4.69, 9.17) is 5.73 Å². The molecule has 1 aromatic carbocycles. The van der Waals surface area contributed by atoms with E-state index in [-0.39, 0.29) is 29.8 Å². The van der Waals surface area contributed by atoms with E-state index in [1.165, 1.54) is 23.3 Å². The normalized spacial score (nSPS) is 23.4. The Morgan fingerprint density at radius 1 is 1.45 bits per heavy atom. The quantitative estimate of drug-likeness (QED) is 0.898. The zero-order valence-electron chi connectivity index (χ0n) is 11.6. The van der Waals surface area contributed by atoms with Crippen LogP contribution in [0.1, 0.15) is 31.2 Å². The van der Waals surface area contributed by atoms with Crippen LogP contribution in [0.25, 0.3) is 0 Å². The molecule has 1 aromatic rings.